The quantitative estimate of drug-likeness (QED) is 0.625. The molecule has 2 rings (SSSR count). The maximum absolute atomic E-state index is 5.50. The van der Waals surface area contributed by atoms with E-state index < -0.39 is 0 Å². The summed E-state index contributed by atoms with van der Waals surface area (Å²) in [6.45, 7) is 5.43. The van der Waals surface area contributed by atoms with Crippen molar-refractivity contribution in [1.29, 1.82) is 0 Å². The first-order valence-corrected chi connectivity index (χ1v) is 5.76. The first kappa shape index (κ1) is 11.7. The van der Waals surface area contributed by atoms with Gasteiger partial charge in [-0.1, -0.05) is 0 Å². The lowest BCUT2D eigenvalue weighted by atomic mass is 10.3. The Hall–Kier alpha value is -1.78. The molecule has 0 atom stereocenters. The minimum Gasteiger partial charge on any atom is -0.387 e. The van der Waals surface area contributed by atoms with Crippen molar-refractivity contribution in [2.45, 2.75) is 39.5 Å². The Bertz CT molecular complexity index is 482. The molecule has 1 aromatic rings. The maximum Gasteiger partial charge on any atom is 0.157 e. The Morgan fingerprint density at radius 3 is 2.65 bits per heavy atom. The van der Waals surface area contributed by atoms with Crippen molar-refractivity contribution in [2.24, 2.45) is 15.7 Å². The molecule has 17 heavy (non-hydrogen) atoms. The SMILES string of the molecule is CC(N)=NC(C)=Nc1cc(C2CC2)nc(C)n1. The first-order chi connectivity index (χ1) is 8.04. The fourth-order valence-electron chi connectivity index (χ4n) is 1.67. The molecule has 0 aliphatic heterocycles. The molecular weight excluding hydrogens is 214 g/mol. The van der Waals surface area contributed by atoms with Gasteiger partial charge in [0.15, 0.2) is 5.82 Å². The average Bonchev–Trinajstić information content (AvgIpc) is 2.97. The number of amidine groups is 2. The molecule has 0 amide bonds. The van der Waals surface area contributed by atoms with E-state index in [1.807, 2.05) is 19.9 Å². The molecule has 5 nitrogen and oxygen atoms in total. The van der Waals surface area contributed by atoms with E-state index in [9.17, 15) is 0 Å². The first-order valence-electron chi connectivity index (χ1n) is 5.76. The Labute approximate surface area is 101 Å². The summed E-state index contributed by atoms with van der Waals surface area (Å²) in [6.07, 6.45) is 2.44. The average molecular weight is 231 g/mol. The third-order valence-corrected chi connectivity index (χ3v) is 2.45. The minimum atomic E-state index is 0.499. The second kappa shape index (κ2) is 4.61. The van der Waals surface area contributed by atoms with E-state index >= 15 is 0 Å². The van der Waals surface area contributed by atoms with E-state index in [-0.39, 0.29) is 0 Å². The number of nitrogens with zero attached hydrogens (tertiary/aromatic N) is 4. The largest absolute Gasteiger partial charge is 0.387 e. The number of hydrogen-bond donors (Lipinski definition) is 1. The molecule has 5 heteroatoms. The Morgan fingerprint density at radius 1 is 1.35 bits per heavy atom. The number of aromatic nitrogens is 2. The third kappa shape index (κ3) is 3.34. The molecule has 2 N–H and O–H groups in total. The predicted octanol–water partition coefficient (Wildman–Crippen LogP) is 2.09. The van der Waals surface area contributed by atoms with Crippen LogP contribution in [0.25, 0.3) is 0 Å². The van der Waals surface area contributed by atoms with Gasteiger partial charge in [-0.15, -0.1) is 0 Å². The summed E-state index contributed by atoms with van der Waals surface area (Å²) in [5.41, 5.74) is 6.60. The van der Waals surface area contributed by atoms with Gasteiger partial charge in [0.1, 0.15) is 11.7 Å². The summed E-state index contributed by atoms with van der Waals surface area (Å²) in [6, 6.07) is 1.94. The Kier molecular flexibility index (Phi) is 3.17. The van der Waals surface area contributed by atoms with Crippen LogP contribution in [-0.2, 0) is 0 Å². The molecular formula is C12H17N5. The standard InChI is InChI=1S/C12H17N5/c1-7(13)14-8(2)16-12-6-11(10-4-5-10)15-9(3)17-12/h6,10H,4-5H2,1-3H3,(H2,13,14,15,16,17). The molecule has 90 valence electrons. The lowest BCUT2D eigenvalue weighted by Gasteiger charge is -2.01. The highest BCUT2D eigenvalue weighted by molar-refractivity contribution is 5.94. The number of nitrogens with two attached hydrogens (primary N) is 1. The van der Waals surface area contributed by atoms with Gasteiger partial charge in [0.05, 0.1) is 5.84 Å². The van der Waals surface area contributed by atoms with Crippen LogP contribution < -0.4 is 5.73 Å². The monoisotopic (exact) mass is 231 g/mol. The van der Waals surface area contributed by atoms with Gasteiger partial charge in [-0.3, -0.25) is 0 Å². The zero-order valence-corrected chi connectivity index (χ0v) is 10.4. The summed E-state index contributed by atoms with van der Waals surface area (Å²) in [5.74, 6) is 3.14. The van der Waals surface area contributed by atoms with Crippen LogP contribution in [0.15, 0.2) is 16.1 Å². The highest BCUT2D eigenvalue weighted by Crippen LogP contribution is 2.39. The second-order valence-electron chi connectivity index (χ2n) is 4.38. The molecule has 0 bridgehead atoms. The molecule has 0 saturated heterocycles. The maximum atomic E-state index is 5.50. The van der Waals surface area contributed by atoms with Gasteiger partial charge in [-0.05, 0) is 33.6 Å². The van der Waals surface area contributed by atoms with Crippen LogP contribution in [0.5, 0.6) is 0 Å². The van der Waals surface area contributed by atoms with E-state index in [1.165, 1.54) is 12.8 Å². The smallest absolute Gasteiger partial charge is 0.157 e. The normalized spacial score (nSPS) is 17.4. The van der Waals surface area contributed by atoms with Crippen LogP contribution in [-0.4, -0.2) is 21.6 Å². The Morgan fingerprint density at radius 2 is 2.06 bits per heavy atom. The van der Waals surface area contributed by atoms with Gasteiger partial charge >= 0.3 is 0 Å². The van der Waals surface area contributed by atoms with Crippen LogP contribution >= 0.6 is 0 Å². The summed E-state index contributed by atoms with van der Waals surface area (Å²) >= 11 is 0. The van der Waals surface area contributed by atoms with Crippen LogP contribution in [0.2, 0.25) is 0 Å². The van der Waals surface area contributed by atoms with Crippen LogP contribution in [0.1, 0.15) is 44.1 Å². The van der Waals surface area contributed by atoms with E-state index in [4.69, 9.17) is 5.73 Å². The van der Waals surface area contributed by atoms with Crippen molar-refractivity contribution in [2.75, 3.05) is 0 Å². The van der Waals surface area contributed by atoms with E-state index in [0.29, 0.717) is 23.4 Å². The van der Waals surface area contributed by atoms with E-state index in [0.717, 1.165) is 11.5 Å². The zero-order valence-electron chi connectivity index (χ0n) is 10.4. The molecule has 0 radical (unpaired) electrons. The van der Waals surface area contributed by atoms with Crippen molar-refractivity contribution < 1.29 is 0 Å². The summed E-state index contributed by atoms with van der Waals surface area (Å²) in [4.78, 5) is 17.1. The summed E-state index contributed by atoms with van der Waals surface area (Å²) in [5, 5.41) is 0. The lowest BCUT2D eigenvalue weighted by Crippen LogP contribution is -2.07. The number of aryl methyl sites for hydroxylation is 1. The summed E-state index contributed by atoms with van der Waals surface area (Å²) in [7, 11) is 0. The van der Waals surface area contributed by atoms with Crippen molar-refractivity contribution >= 4 is 17.5 Å². The van der Waals surface area contributed by atoms with Gasteiger partial charge in [0.25, 0.3) is 0 Å². The third-order valence-electron chi connectivity index (χ3n) is 2.45. The number of aliphatic imine (C=N–C) groups is 2. The zero-order chi connectivity index (χ0) is 12.4. The second-order valence-corrected chi connectivity index (χ2v) is 4.38. The molecule has 1 aliphatic carbocycles. The van der Waals surface area contributed by atoms with Crippen molar-refractivity contribution in [3.05, 3.63) is 17.6 Å². The van der Waals surface area contributed by atoms with Gasteiger partial charge < -0.3 is 5.73 Å². The molecule has 1 aliphatic rings. The predicted molar refractivity (Wildman–Crippen MR) is 68.8 cm³/mol. The topological polar surface area (TPSA) is 76.5 Å². The van der Waals surface area contributed by atoms with E-state index in [1.54, 1.807) is 6.92 Å². The van der Waals surface area contributed by atoms with Crippen molar-refractivity contribution in [3.8, 4) is 0 Å². The highest BCUT2D eigenvalue weighted by Gasteiger charge is 2.25. The van der Waals surface area contributed by atoms with Crippen LogP contribution in [0.4, 0.5) is 5.82 Å². The molecule has 0 unspecified atom stereocenters. The molecule has 1 heterocycles. The van der Waals surface area contributed by atoms with Crippen LogP contribution in [0.3, 0.4) is 0 Å². The van der Waals surface area contributed by atoms with E-state index in [2.05, 4.69) is 20.0 Å². The highest BCUT2D eigenvalue weighted by atomic mass is 15.0. The van der Waals surface area contributed by atoms with Gasteiger partial charge in [-0.2, -0.15) is 0 Å². The van der Waals surface area contributed by atoms with Gasteiger partial charge in [0, 0.05) is 17.7 Å². The number of rotatable bonds is 2. The Balaban J connectivity index is 2.29. The fraction of sp³-hybridized carbons (Fsp3) is 0.500. The lowest BCUT2D eigenvalue weighted by molar-refractivity contribution is 0.939. The minimum absolute atomic E-state index is 0.499. The number of hydrogen-bond acceptors (Lipinski definition) is 3. The molecule has 1 aromatic heterocycles. The van der Waals surface area contributed by atoms with Crippen LogP contribution in [0, 0.1) is 6.92 Å². The molecule has 1 saturated carbocycles. The molecule has 1 fully saturated rings. The van der Waals surface area contributed by atoms with Gasteiger partial charge in [-0.25, -0.2) is 20.0 Å². The molecule has 0 spiro atoms. The van der Waals surface area contributed by atoms with Crippen molar-refractivity contribution in [1.82, 2.24) is 9.97 Å². The van der Waals surface area contributed by atoms with Gasteiger partial charge in [0.2, 0.25) is 0 Å². The van der Waals surface area contributed by atoms with Crippen molar-refractivity contribution in [3.63, 3.8) is 0 Å². The fourth-order valence-corrected chi connectivity index (χ4v) is 1.67. The summed E-state index contributed by atoms with van der Waals surface area (Å²) < 4.78 is 0. The molecule has 0 aromatic carbocycles.